The minimum Gasteiger partial charge on any atom is -0.506 e. The number of hydrogen-bond acceptors (Lipinski definition) is 7. The summed E-state index contributed by atoms with van der Waals surface area (Å²) in [5.74, 6) is 1.99. The largest absolute Gasteiger partial charge is 0.506 e. The van der Waals surface area contributed by atoms with Gasteiger partial charge in [0.05, 0.1) is 11.8 Å². The molecule has 1 aliphatic carbocycles. The summed E-state index contributed by atoms with van der Waals surface area (Å²) >= 11 is 0. The summed E-state index contributed by atoms with van der Waals surface area (Å²) in [5.41, 5.74) is 4.48. The first-order valence-corrected chi connectivity index (χ1v) is 16.0. The first kappa shape index (κ1) is 31.8. The number of unbranched alkanes of at least 4 members (excludes halogenated alkanes) is 1. The van der Waals surface area contributed by atoms with E-state index in [1.807, 2.05) is 48.4 Å². The average molecular weight is 602 g/mol. The molecule has 2 aromatic rings. The molecule has 5 rings (SSSR count). The molecule has 0 spiro atoms. The third-order valence-electron chi connectivity index (χ3n) is 9.27. The van der Waals surface area contributed by atoms with E-state index < -0.39 is 6.10 Å². The van der Waals surface area contributed by atoms with Crippen molar-refractivity contribution >= 4 is 29.3 Å². The van der Waals surface area contributed by atoms with Crippen molar-refractivity contribution in [2.45, 2.75) is 57.6 Å². The lowest BCUT2D eigenvalue weighted by Gasteiger charge is -2.22. The van der Waals surface area contributed by atoms with Crippen LogP contribution in [-0.4, -0.2) is 71.6 Å². The summed E-state index contributed by atoms with van der Waals surface area (Å²) in [6, 6.07) is 11.0. The van der Waals surface area contributed by atoms with Crippen LogP contribution in [0.15, 0.2) is 54.8 Å². The van der Waals surface area contributed by atoms with Gasteiger partial charge in [0, 0.05) is 76.1 Å². The molecule has 236 valence electrons. The van der Waals surface area contributed by atoms with Crippen LogP contribution in [0.25, 0.3) is 6.08 Å². The van der Waals surface area contributed by atoms with Crippen LogP contribution in [0.2, 0.25) is 0 Å². The van der Waals surface area contributed by atoms with Crippen LogP contribution in [0.4, 0.5) is 11.4 Å². The van der Waals surface area contributed by atoms with Crippen LogP contribution in [0, 0.1) is 11.8 Å². The molecule has 9 heteroatoms. The molecule has 2 amide bonds. The Bertz CT molecular complexity index is 1350. The predicted molar refractivity (Wildman–Crippen MR) is 175 cm³/mol. The Hall–Kier alpha value is -3.66. The number of carbonyl (C=O) groups is 2. The molecule has 2 aliphatic heterocycles. The number of amides is 2. The predicted octanol–water partition coefficient (Wildman–Crippen LogP) is 4.86. The molecule has 2 aromatic carbocycles. The average Bonchev–Trinajstić information content (AvgIpc) is 3.62. The fourth-order valence-corrected chi connectivity index (χ4v) is 6.72. The van der Waals surface area contributed by atoms with Crippen LogP contribution >= 0.6 is 0 Å². The molecular formula is C35H47N5O4. The van der Waals surface area contributed by atoms with Gasteiger partial charge in [-0.05, 0) is 72.9 Å². The van der Waals surface area contributed by atoms with Crippen LogP contribution in [0.1, 0.15) is 67.7 Å². The van der Waals surface area contributed by atoms with E-state index in [9.17, 15) is 19.8 Å². The Kier molecular flexibility index (Phi) is 10.7. The van der Waals surface area contributed by atoms with E-state index in [-0.39, 0.29) is 17.6 Å². The van der Waals surface area contributed by atoms with E-state index in [0.29, 0.717) is 43.9 Å². The normalized spacial score (nSPS) is 19.7. The SMILES string of the molecule is C=C1C=Cc2c(C(O)CNCc3ccc(NC(=O)CCCCN(C)C(=O)CCN4CC5CCCC5C4)cc3)ccc(O)c2N1. The van der Waals surface area contributed by atoms with Crippen molar-refractivity contribution in [1.29, 1.82) is 0 Å². The molecule has 2 heterocycles. The highest BCUT2D eigenvalue weighted by Crippen LogP contribution is 2.38. The van der Waals surface area contributed by atoms with E-state index in [1.54, 1.807) is 12.1 Å². The van der Waals surface area contributed by atoms with Crippen molar-refractivity contribution < 1.29 is 19.8 Å². The number of carbonyl (C=O) groups excluding carboxylic acids is 2. The van der Waals surface area contributed by atoms with Gasteiger partial charge >= 0.3 is 0 Å². The van der Waals surface area contributed by atoms with Crippen LogP contribution in [0.5, 0.6) is 5.75 Å². The number of aliphatic hydroxyl groups is 1. The van der Waals surface area contributed by atoms with Gasteiger partial charge in [0.15, 0.2) is 0 Å². The molecule has 0 bridgehead atoms. The monoisotopic (exact) mass is 601 g/mol. The Morgan fingerprint density at radius 3 is 2.57 bits per heavy atom. The summed E-state index contributed by atoms with van der Waals surface area (Å²) in [6.45, 7) is 8.62. The molecule has 3 aliphatic rings. The summed E-state index contributed by atoms with van der Waals surface area (Å²) in [4.78, 5) is 29.3. The fourth-order valence-electron chi connectivity index (χ4n) is 6.72. The number of benzene rings is 2. The van der Waals surface area contributed by atoms with Gasteiger partial charge in [-0.3, -0.25) is 9.59 Å². The van der Waals surface area contributed by atoms with Crippen molar-refractivity contribution in [3.05, 3.63) is 71.4 Å². The van der Waals surface area contributed by atoms with Crippen molar-refractivity contribution in [1.82, 2.24) is 15.1 Å². The summed E-state index contributed by atoms with van der Waals surface area (Å²) < 4.78 is 0. The number of anilines is 2. The molecule has 3 unspecified atom stereocenters. The van der Waals surface area contributed by atoms with E-state index in [4.69, 9.17) is 0 Å². The number of hydrogen-bond donors (Lipinski definition) is 5. The molecule has 3 atom stereocenters. The summed E-state index contributed by atoms with van der Waals surface area (Å²) in [7, 11) is 1.87. The Morgan fingerprint density at radius 2 is 1.82 bits per heavy atom. The lowest BCUT2D eigenvalue weighted by atomic mass is 9.97. The highest BCUT2D eigenvalue weighted by Gasteiger charge is 2.35. The van der Waals surface area contributed by atoms with Gasteiger partial charge < -0.3 is 36.0 Å². The van der Waals surface area contributed by atoms with Gasteiger partial charge in [-0.15, -0.1) is 0 Å². The zero-order valence-corrected chi connectivity index (χ0v) is 25.9. The van der Waals surface area contributed by atoms with Gasteiger partial charge in [-0.1, -0.05) is 37.3 Å². The number of aliphatic hydroxyl groups excluding tert-OH is 1. The number of fused-ring (bicyclic) bond motifs is 2. The molecule has 44 heavy (non-hydrogen) atoms. The third-order valence-corrected chi connectivity index (χ3v) is 9.27. The summed E-state index contributed by atoms with van der Waals surface area (Å²) in [5, 5.41) is 30.2. The van der Waals surface area contributed by atoms with Crippen molar-refractivity contribution in [2.24, 2.45) is 11.8 Å². The topological polar surface area (TPSA) is 117 Å². The van der Waals surface area contributed by atoms with Gasteiger partial charge in [0.25, 0.3) is 0 Å². The van der Waals surface area contributed by atoms with Gasteiger partial charge in [-0.2, -0.15) is 0 Å². The Balaban J connectivity index is 0.953. The second kappa shape index (κ2) is 14.9. The first-order chi connectivity index (χ1) is 21.3. The second-order valence-corrected chi connectivity index (χ2v) is 12.6. The van der Waals surface area contributed by atoms with Gasteiger partial charge in [0.1, 0.15) is 5.75 Å². The standard InChI is InChI=1S/C35H47N5O4/c1-24-9-14-30-29(15-16-31(41)35(30)37-24)32(42)21-36-20-25-10-12-28(13-11-25)38-33(43)8-3-4-18-39(2)34(44)17-19-40-22-26-6-5-7-27(26)23-40/h9-16,26-27,32,36-37,41-42H,1,3-8,17-23H2,2H3,(H,38,43). The third kappa shape index (κ3) is 8.28. The minimum absolute atomic E-state index is 0.0306. The number of allylic oxidation sites excluding steroid dienone is 1. The van der Waals surface area contributed by atoms with E-state index in [2.05, 4.69) is 27.4 Å². The van der Waals surface area contributed by atoms with Gasteiger partial charge in [-0.25, -0.2) is 0 Å². The fraction of sp³-hybridized carbons (Fsp3) is 0.486. The number of nitrogens with one attached hydrogen (secondary N) is 3. The maximum atomic E-state index is 12.6. The molecular weight excluding hydrogens is 554 g/mol. The Labute approximate surface area is 261 Å². The summed E-state index contributed by atoms with van der Waals surface area (Å²) in [6.07, 6.45) is 9.52. The lowest BCUT2D eigenvalue weighted by molar-refractivity contribution is -0.130. The zero-order chi connectivity index (χ0) is 31.1. The molecule has 5 N–H and O–H groups in total. The molecule has 2 fully saturated rings. The number of likely N-dealkylation sites (tertiary alicyclic amines) is 1. The van der Waals surface area contributed by atoms with Crippen molar-refractivity contribution in [3.63, 3.8) is 0 Å². The molecule has 1 saturated heterocycles. The van der Waals surface area contributed by atoms with E-state index in [0.717, 1.165) is 66.7 Å². The van der Waals surface area contributed by atoms with Gasteiger partial charge in [0.2, 0.25) is 11.8 Å². The van der Waals surface area contributed by atoms with Crippen molar-refractivity contribution in [2.75, 3.05) is 50.4 Å². The number of rotatable bonds is 14. The van der Waals surface area contributed by atoms with Crippen LogP contribution in [0.3, 0.4) is 0 Å². The number of phenols is 1. The molecule has 0 radical (unpaired) electrons. The zero-order valence-electron chi connectivity index (χ0n) is 25.9. The maximum absolute atomic E-state index is 12.6. The number of aromatic hydroxyl groups is 1. The second-order valence-electron chi connectivity index (χ2n) is 12.6. The highest BCUT2D eigenvalue weighted by atomic mass is 16.3. The minimum atomic E-state index is -0.756. The lowest BCUT2D eigenvalue weighted by Crippen LogP contribution is -2.32. The highest BCUT2D eigenvalue weighted by molar-refractivity contribution is 5.90. The molecule has 1 saturated carbocycles. The van der Waals surface area contributed by atoms with Crippen molar-refractivity contribution in [3.8, 4) is 5.75 Å². The van der Waals surface area contributed by atoms with Crippen LogP contribution in [-0.2, 0) is 16.1 Å². The number of nitrogens with zero attached hydrogens (tertiary/aromatic N) is 2. The molecule has 0 aromatic heterocycles. The van der Waals surface area contributed by atoms with E-state index >= 15 is 0 Å². The Morgan fingerprint density at radius 1 is 1.07 bits per heavy atom. The smallest absolute Gasteiger partial charge is 0.224 e. The van der Waals surface area contributed by atoms with Crippen LogP contribution < -0.4 is 16.0 Å². The van der Waals surface area contributed by atoms with E-state index in [1.165, 1.54) is 19.3 Å². The first-order valence-electron chi connectivity index (χ1n) is 16.0. The quantitative estimate of drug-likeness (QED) is 0.155. The molecule has 9 nitrogen and oxygen atoms in total. The maximum Gasteiger partial charge on any atom is 0.224 e. The number of phenolic OH excluding ortho intramolecular Hbond substituents is 1.